The number of carboxylic acid groups (broad SMARTS) is 1. The molecule has 6 heteroatoms. The van der Waals surface area contributed by atoms with Gasteiger partial charge in [-0.05, 0) is 25.7 Å². The second-order valence-electron chi connectivity index (χ2n) is 4.61. The molecule has 96 valence electrons. The number of hydrogen-bond donors (Lipinski definition) is 2. The van der Waals surface area contributed by atoms with Crippen LogP contribution in [0.5, 0.6) is 0 Å². The molecule has 2 fully saturated rings. The molecule has 0 aromatic rings. The Kier molecular flexibility index (Phi) is 3.63. The van der Waals surface area contributed by atoms with Crippen LogP contribution in [0.3, 0.4) is 0 Å². The summed E-state index contributed by atoms with van der Waals surface area (Å²) in [4.78, 5) is 24.3. The van der Waals surface area contributed by atoms with Crippen LogP contribution in [0.25, 0.3) is 0 Å². The summed E-state index contributed by atoms with van der Waals surface area (Å²) in [5, 5.41) is 18.3. The SMILES string of the molecule is O=C(O)[C@@H]1CC[C@H](C(=O)N2CCCC(O)C2)O1. The van der Waals surface area contributed by atoms with Crippen LogP contribution in [0.1, 0.15) is 25.7 Å². The van der Waals surface area contributed by atoms with Crippen molar-refractivity contribution in [1.29, 1.82) is 0 Å². The third-order valence-corrected chi connectivity index (χ3v) is 3.28. The first-order valence-electron chi connectivity index (χ1n) is 5.93. The van der Waals surface area contributed by atoms with Gasteiger partial charge in [-0.3, -0.25) is 4.79 Å². The molecule has 2 rings (SSSR count). The lowest BCUT2D eigenvalue weighted by atomic mass is 10.1. The van der Waals surface area contributed by atoms with Gasteiger partial charge in [-0.15, -0.1) is 0 Å². The van der Waals surface area contributed by atoms with E-state index in [1.165, 1.54) is 0 Å². The van der Waals surface area contributed by atoms with Crippen molar-refractivity contribution in [3.8, 4) is 0 Å². The van der Waals surface area contributed by atoms with Gasteiger partial charge in [0.05, 0.1) is 6.10 Å². The molecule has 0 aliphatic carbocycles. The maximum absolute atomic E-state index is 12.0. The maximum atomic E-state index is 12.0. The van der Waals surface area contributed by atoms with E-state index in [-0.39, 0.29) is 5.91 Å². The standard InChI is InChI=1S/C11H17NO5/c13-7-2-1-5-12(6-7)10(14)8-3-4-9(17-8)11(15)16/h7-9,13H,1-6H2,(H,15,16)/t7?,8-,9+/m1/s1. The van der Waals surface area contributed by atoms with Gasteiger partial charge in [0, 0.05) is 13.1 Å². The molecule has 0 radical (unpaired) electrons. The molecule has 0 aromatic carbocycles. The minimum absolute atomic E-state index is 0.187. The van der Waals surface area contributed by atoms with E-state index < -0.39 is 24.3 Å². The van der Waals surface area contributed by atoms with Gasteiger partial charge in [-0.25, -0.2) is 4.79 Å². The van der Waals surface area contributed by atoms with Crippen LogP contribution in [0.4, 0.5) is 0 Å². The Hall–Kier alpha value is -1.14. The predicted octanol–water partition coefficient (Wildman–Crippen LogP) is -0.398. The zero-order valence-electron chi connectivity index (χ0n) is 9.54. The van der Waals surface area contributed by atoms with Gasteiger partial charge in [0.2, 0.25) is 0 Å². The third-order valence-electron chi connectivity index (χ3n) is 3.28. The summed E-state index contributed by atoms with van der Waals surface area (Å²) in [6.07, 6.45) is 0.337. The number of likely N-dealkylation sites (tertiary alicyclic amines) is 1. The highest BCUT2D eigenvalue weighted by molar-refractivity contribution is 5.82. The van der Waals surface area contributed by atoms with Gasteiger partial charge in [0.25, 0.3) is 5.91 Å². The number of carbonyl (C=O) groups is 2. The first-order chi connectivity index (χ1) is 8.08. The number of rotatable bonds is 2. The van der Waals surface area contributed by atoms with Gasteiger partial charge >= 0.3 is 5.97 Å². The summed E-state index contributed by atoms with van der Waals surface area (Å²) in [5.74, 6) is -1.20. The van der Waals surface area contributed by atoms with E-state index in [2.05, 4.69) is 0 Å². The molecule has 2 heterocycles. The van der Waals surface area contributed by atoms with Gasteiger partial charge in [-0.2, -0.15) is 0 Å². The molecule has 0 aromatic heterocycles. The number of aliphatic hydroxyl groups excluding tert-OH is 1. The van der Waals surface area contributed by atoms with Crippen LogP contribution < -0.4 is 0 Å². The quantitative estimate of drug-likeness (QED) is 0.689. The minimum atomic E-state index is -1.01. The highest BCUT2D eigenvalue weighted by Crippen LogP contribution is 2.23. The third kappa shape index (κ3) is 2.76. The number of aliphatic hydroxyl groups is 1. The van der Waals surface area contributed by atoms with E-state index in [0.717, 1.165) is 6.42 Å². The number of piperidine rings is 1. The average Bonchev–Trinajstić information content (AvgIpc) is 2.77. The lowest BCUT2D eigenvalue weighted by molar-refractivity contribution is -0.156. The molecule has 3 atom stereocenters. The van der Waals surface area contributed by atoms with E-state index in [4.69, 9.17) is 9.84 Å². The smallest absolute Gasteiger partial charge is 0.332 e. The van der Waals surface area contributed by atoms with Crippen LogP contribution in [0, 0.1) is 0 Å². The van der Waals surface area contributed by atoms with Crippen molar-refractivity contribution < 1.29 is 24.5 Å². The van der Waals surface area contributed by atoms with E-state index in [0.29, 0.717) is 32.4 Å². The summed E-state index contributed by atoms with van der Waals surface area (Å²) in [6, 6.07) is 0. The van der Waals surface area contributed by atoms with E-state index in [9.17, 15) is 14.7 Å². The Bertz CT molecular complexity index is 319. The van der Waals surface area contributed by atoms with E-state index >= 15 is 0 Å². The molecule has 2 aliphatic heterocycles. The zero-order chi connectivity index (χ0) is 12.4. The molecule has 2 N–H and O–H groups in total. The van der Waals surface area contributed by atoms with Crippen molar-refractivity contribution in [3.05, 3.63) is 0 Å². The second-order valence-corrected chi connectivity index (χ2v) is 4.61. The van der Waals surface area contributed by atoms with Gasteiger partial charge in [-0.1, -0.05) is 0 Å². The highest BCUT2D eigenvalue weighted by atomic mass is 16.5. The Morgan fingerprint density at radius 2 is 1.88 bits per heavy atom. The van der Waals surface area contributed by atoms with Gasteiger partial charge < -0.3 is 19.8 Å². The highest BCUT2D eigenvalue weighted by Gasteiger charge is 2.37. The largest absolute Gasteiger partial charge is 0.479 e. The molecule has 0 bridgehead atoms. The van der Waals surface area contributed by atoms with Crippen LogP contribution >= 0.6 is 0 Å². The van der Waals surface area contributed by atoms with Crippen molar-refractivity contribution in [2.45, 2.75) is 44.0 Å². The number of carbonyl (C=O) groups excluding carboxylic acids is 1. The topological polar surface area (TPSA) is 87.1 Å². The number of hydrogen-bond acceptors (Lipinski definition) is 4. The van der Waals surface area contributed by atoms with Crippen molar-refractivity contribution in [3.63, 3.8) is 0 Å². The van der Waals surface area contributed by atoms with E-state index in [1.54, 1.807) is 4.90 Å². The molecule has 1 amide bonds. The molecule has 6 nitrogen and oxygen atoms in total. The summed E-state index contributed by atoms with van der Waals surface area (Å²) in [5.41, 5.74) is 0. The predicted molar refractivity (Wildman–Crippen MR) is 57.4 cm³/mol. The Labute approximate surface area is 99.2 Å². The van der Waals surface area contributed by atoms with Gasteiger partial charge in [0.15, 0.2) is 6.10 Å². The summed E-state index contributed by atoms with van der Waals surface area (Å²) in [6.45, 7) is 0.948. The number of carboxylic acids is 1. The first kappa shape index (κ1) is 12.3. The van der Waals surface area contributed by atoms with Crippen molar-refractivity contribution in [2.75, 3.05) is 13.1 Å². The fourth-order valence-corrected chi connectivity index (χ4v) is 2.36. The summed E-state index contributed by atoms with van der Waals surface area (Å²) >= 11 is 0. The number of ether oxygens (including phenoxy) is 1. The molecule has 2 saturated heterocycles. The molecule has 2 aliphatic rings. The molecular weight excluding hydrogens is 226 g/mol. The molecule has 0 spiro atoms. The number of aliphatic carboxylic acids is 1. The minimum Gasteiger partial charge on any atom is -0.479 e. The van der Waals surface area contributed by atoms with Crippen molar-refractivity contribution in [2.24, 2.45) is 0 Å². The van der Waals surface area contributed by atoms with Crippen LogP contribution in [-0.2, 0) is 14.3 Å². The fraction of sp³-hybridized carbons (Fsp3) is 0.818. The first-order valence-corrected chi connectivity index (χ1v) is 5.93. The maximum Gasteiger partial charge on any atom is 0.332 e. The van der Waals surface area contributed by atoms with Crippen LogP contribution in [-0.4, -0.2) is 58.4 Å². The normalized spacial score (nSPS) is 33.7. The van der Waals surface area contributed by atoms with E-state index in [1.807, 2.05) is 0 Å². The lowest BCUT2D eigenvalue weighted by Crippen LogP contribution is -2.46. The zero-order valence-corrected chi connectivity index (χ0v) is 9.54. The number of nitrogens with zero attached hydrogens (tertiary/aromatic N) is 1. The van der Waals surface area contributed by atoms with Crippen LogP contribution in [0.2, 0.25) is 0 Å². The van der Waals surface area contributed by atoms with Gasteiger partial charge in [0.1, 0.15) is 6.10 Å². The monoisotopic (exact) mass is 243 g/mol. The van der Waals surface area contributed by atoms with Crippen LogP contribution in [0.15, 0.2) is 0 Å². The number of amides is 1. The summed E-state index contributed by atoms with van der Waals surface area (Å²) < 4.78 is 5.20. The van der Waals surface area contributed by atoms with Crippen molar-refractivity contribution in [1.82, 2.24) is 4.90 Å². The molecule has 0 saturated carbocycles. The summed E-state index contributed by atoms with van der Waals surface area (Å²) in [7, 11) is 0. The molecular formula is C11H17NO5. The Balaban J connectivity index is 1.90. The fourth-order valence-electron chi connectivity index (χ4n) is 2.36. The molecule has 1 unspecified atom stereocenters. The second kappa shape index (κ2) is 5.01. The number of β-amino-alcohol motifs (C(OH)–C–C–N with tert-alkyl or cyclic N) is 1. The Morgan fingerprint density at radius 1 is 1.18 bits per heavy atom. The Morgan fingerprint density at radius 3 is 2.47 bits per heavy atom. The molecule has 17 heavy (non-hydrogen) atoms. The average molecular weight is 243 g/mol. The lowest BCUT2D eigenvalue weighted by Gasteiger charge is -2.31. The van der Waals surface area contributed by atoms with Crippen molar-refractivity contribution >= 4 is 11.9 Å².